The maximum atomic E-state index is 13.3. The van der Waals surface area contributed by atoms with Crippen LogP contribution in [-0.2, 0) is 9.59 Å². The topological polar surface area (TPSA) is 113 Å². The van der Waals surface area contributed by atoms with Gasteiger partial charge < -0.3 is 21.7 Å². The van der Waals surface area contributed by atoms with Crippen LogP contribution < -0.4 is 22.1 Å². The molecule has 2 aliphatic carbocycles. The van der Waals surface area contributed by atoms with Gasteiger partial charge in [0.1, 0.15) is 0 Å². The van der Waals surface area contributed by atoms with E-state index < -0.39 is 6.04 Å². The summed E-state index contributed by atoms with van der Waals surface area (Å²) < 4.78 is 0. The quantitative estimate of drug-likeness (QED) is 0.360. The monoisotopic (exact) mass is 455 g/mol. The fourth-order valence-electron chi connectivity index (χ4n) is 6.36. The SMILES string of the molecule is NCCCC[C@H](N)C(=O)NCCCC[C@@H]1NCN(C2C3CCC(C3)C2c2ccccc2)C1=O. The lowest BCUT2D eigenvalue weighted by Gasteiger charge is -2.37. The summed E-state index contributed by atoms with van der Waals surface area (Å²) in [5.74, 6) is 1.99. The fraction of sp³-hybridized carbons (Fsp3) is 0.692. The Hall–Kier alpha value is -1.96. The average molecular weight is 456 g/mol. The van der Waals surface area contributed by atoms with Crippen LogP contribution in [0.1, 0.15) is 69.3 Å². The van der Waals surface area contributed by atoms with Crippen LogP contribution in [0.15, 0.2) is 30.3 Å². The van der Waals surface area contributed by atoms with Crippen LogP contribution in [0.3, 0.4) is 0 Å². The molecular formula is C26H41N5O2. The third kappa shape index (κ3) is 5.58. The van der Waals surface area contributed by atoms with E-state index in [0.717, 1.165) is 32.1 Å². The minimum atomic E-state index is -0.456. The lowest BCUT2D eigenvalue weighted by molar-refractivity contribution is -0.132. The summed E-state index contributed by atoms with van der Waals surface area (Å²) in [7, 11) is 0. The number of carbonyl (C=O) groups excluding carboxylic acids is 2. The zero-order chi connectivity index (χ0) is 23.2. The van der Waals surface area contributed by atoms with E-state index in [-0.39, 0.29) is 17.9 Å². The van der Waals surface area contributed by atoms with Crippen LogP contribution in [-0.4, -0.2) is 54.6 Å². The van der Waals surface area contributed by atoms with Gasteiger partial charge in [-0.25, -0.2) is 0 Å². The molecule has 2 saturated carbocycles. The molecule has 1 heterocycles. The third-order valence-electron chi connectivity index (χ3n) is 8.03. The molecule has 0 radical (unpaired) electrons. The summed E-state index contributed by atoms with van der Waals surface area (Å²) in [5, 5.41) is 6.40. The zero-order valence-electron chi connectivity index (χ0n) is 19.8. The van der Waals surface area contributed by atoms with Gasteiger partial charge >= 0.3 is 0 Å². The van der Waals surface area contributed by atoms with Gasteiger partial charge in [-0.15, -0.1) is 0 Å². The van der Waals surface area contributed by atoms with Gasteiger partial charge in [0.25, 0.3) is 0 Å². The van der Waals surface area contributed by atoms with Crippen molar-refractivity contribution >= 4 is 11.8 Å². The molecule has 7 nitrogen and oxygen atoms in total. The maximum absolute atomic E-state index is 13.3. The molecule has 182 valence electrons. The summed E-state index contributed by atoms with van der Waals surface area (Å²) in [4.78, 5) is 27.5. The Balaban J connectivity index is 1.21. The molecule has 1 aromatic rings. The van der Waals surface area contributed by atoms with E-state index in [2.05, 4.69) is 45.9 Å². The Kier molecular flexibility index (Phi) is 8.39. The minimum absolute atomic E-state index is 0.0866. The van der Waals surface area contributed by atoms with Gasteiger partial charge in [-0.05, 0) is 75.3 Å². The first-order valence-corrected chi connectivity index (χ1v) is 12.9. The second-order valence-electron chi connectivity index (χ2n) is 10.2. The Morgan fingerprint density at radius 1 is 1.12 bits per heavy atom. The molecule has 2 amide bonds. The highest BCUT2D eigenvalue weighted by Crippen LogP contribution is 2.55. The Morgan fingerprint density at radius 3 is 2.70 bits per heavy atom. The Labute approximate surface area is 198 Å². The van der Waals surface area contributed by atoms with Crippen LogP contribution in [0, 0.1) is 11.8 Å². The normalized spacial score (nSPS) is 29.6. The van der Waals surface area contributed by atoms with Crippen LogP contribution in [0.4, 0.5) is 0 Å². The largest absolute Gasteiger partial charge is 0.355 e. The van der Waals surface area contributed by atoms with Gasteiger partial charge in [-0.1, -0.05) is 36.8 Å². The summed E-state index contributed by atoms with van der Waals surface area (Å²) in [6.45, 7) is 1.90. The third-order valence-corrected chi connectivity index (χ3v) is 8.03. The number of nitrogens with zero attached hydrogens (tertiary/aromatic N) is 1. The number of hydrogen-bond donors (Lipinski definition) is 4. The highest BCUT2D eigenvalue weighted by molar-refractivity contribution is 5.84. The lowest BCUT2D eigenvalue weighted by Crippen LogP contribution is -2.45. The second kappa shape index (κ2) is 11.4. The van der Waals surface area contributed by atoms with E-state index in [4.69, 9.17) is 11.5 Å². The first-order chi connectivity index (χ1) is 16.1. The molecule has 6 atom stereocenters. The fourth-order valence-corrected chi connectivity index (χ4v) is 6.36. The van der Waals surface area contributed by atoms with Gasteiger partial charge in [0.2, 0.25) is 11.8 Å². The predicted molar refractivity (Wildman–Crippen MR) is 130 cm³/mol. The molecule has 33 heavy (non-hydrogen) atoms. The number of rotatable bonds is 12. The van der Waals surface area contributed by atoms with E-state index in [0.29, 0.717) is 50.0 Å². The summed E-state index contributed by atoms with van der Waals surface area (Å²) in [6.07, 6.45) is 8.82. The first kappa shape index (κ1) is 24.2. The Bertz CT molecular complexity index is 788. The highest BCUT2D eigenvalue weighted by Gasteiger charge is 2.53. The summed E-state index contributed by atoms with van der Waals surface area (Å²) >= 11 is 0. The van der Waals surface area contributed by atoms with Crippen molar-refractivity contribution in [1.82, 2.24) is 15.5 Å². The van der Waals surface area contributed by atoms with E-state index in [1.54, 1.807) is 0 Å². The number of nitrogens with two attached hydrogens (primary N) is 2. The molecule has 4 rings (SSSR count). The standard InChI is InChI=1S/C26H41N5O2/c27-14-6-4-10-21(28)25(32)29-15-7-5-11-22-26(33)31(17-30-22)24-20-13-12-19(16-20)23(24)18-8-2-1-3-9-18/h1-3,8-9,19-24,30H,4-7,10-17,27-28H2,(H,29,32)/t19?,20?,21-,22-,23?,24?/m0/s1. The molecule has 3 fully saturated rings. The van der Waals surface area contributed by atoms with Crippen LogP contribution in [0.2, 0.25) is 0 Å². The molecule has 2 bridgehead atoms. The number of carbonyl (C=O) groups is 2. The van der Waals surface area contributed by atoms with Crippen LogP contribution in [0.25, 0.3) is 0 Å². The van der Waals surface area contributed by atoms with Gasteiger partial charge in [-0.3, -0.25) is 14.9 Å². The maximum Gasteiger partial charge on any atom is 0.241 e. The molecule has 0 spiro atoms. The van der Waals surface area contributed by atoms with Gasteiger partial charge in [-0.2, -0.15) is 0 Å². The van der Waals surface area contributed by atoms with E-state index in [1.807, 2.05) is 0 Å². The molecule has 7 heteroatoms. The molecule has 3 aliphatic rings. The smallest absolute Gasteiger partial charge is 0.241 e. The first-order valence-electron chi connectivity index (χ1n) is 12.9. The van der Waals surface area contributed by atoms with Crippen molar-refractivity contribution in [2.75, 3.05) is 19.8 Å². The number of unbranched alkanes of at least 4 members (excludes halogenated alkanes) is 2. The van der Waals surface area contributed by atoms with E-state index >= 15 is 0 Å². The van der Waals surface area contributed by atoms with Crippen LogP contribution in [0.5, 0.6) is 0 Å². The van der Waals surface area contributed by atoms with Gasteiger partial charge in [0, 0.05) is 18.5 Å². The van der Waals surface area contributed by atoms with Crippen molar-refractivity contribution in [2.45, 2.75) is 81.8 Å². The number of nitrogens with one attached hydrogen (secondary N) is 2. The van der Waals surface area contributed by atoms with Crippen molar-refractivity contribution in [2.24, 2.45) is 23.3 Å². The second-order valence-corrected chi connectivity index (χ2v) is 10.2. The summed E-state index contributed by atoms with van der Waals surface area (Å²) in [5.41, 5.74) is 12.8. The predicted octanol–water partition coefficient (Wildman–Crippen LogP) is 2.07. The van der Waals surface area contributed by atoms with Crippen molar-refractivity contribution in [3.8, 4) is 0 Å². The molecule has 0 aromatic heterocycles. The van der Waals surface area contributed by atoms with E-state index in [9.17, 15) is 9.59 Å². The molecular weight excluding hydrogens is 414 g/mol. The summed E-state index contributed by atoms with van der Waals surface area (Å²) in [6, 6.07) is 10.6. The lowest BCUT2D eigenvalue weighted by atomic mass is 9.79. The Morgan fingerprint density at radius 2 is 1.91 bits per heavy atom. The number of hydrogen-bond acceptors (Lipinski definition) is 5. The number of fused-ring (bicyclic) bond motifs is 2. The van der Waals surface area contributed by atoms with Crippen molar-refractivity contribution < 1.29 is 9.59 Å². The molecule has 4 unspecified atom stereocenters. The van der Waals surface area contributed by atoms with Crippen molar-refractivity contribution in [3.05, 3.63) is 35.9 Å². The highest BCUT2D eigenvalue weighted by atomic mass is 16.2. The zero-order valence-corrected chi connectivity index (χ0v) is 19.8. The average Bonchev–Trinajstić information content (AvgIpc) is 3.54. The number of benzene rings is 1. The van der Waals surface area contributed by atoms with Crippen LogP contribution >= 0.6 is 0 Å². The minimum Gasteiger partial charge on any atom is -0.355 e. The van der Waals surface area contributed by atoms with Crippen molar-refractivity contribution in [1.29, 1.82) is 0 Å². The molecule has 6 N–H and O–H groups in total. The van der Waals surface area contributed by atoms with Gasteiger partial charge in [0.15, 0.2) is 0 Å². The van der Waals surface area contributed by atoms with E-state index in [1.165, 1.54) is 24.8 Å². The number of amides is 2. The van der Waals surface area contributed by atoms with Crippen molar-refractivity contribution in [3.63, 3.8) is 0 Å². The van der Waals surface area contributed by atoms with Gasteiger partial charge in [0.05, 0.1) is 18.8 Å². The molecule has 1 aliphatic heterocycles. The molecule has 1 aromatic carbocycles. The molecule has 1 saturated heterocycles.